The second kappa shape index (κ2) is 7.62. The van der Waals surface area contributed by atoms with E-state index in [1.54, 1.807) is 7.11 Å². The SMILES string of the molecule is COCCN(c1cccc(Cl)c1CCN)C(C)C. The molecule has 0 heterocycles. The van der Waals surface area contributed by atoms with E-state index in [4.69, 9.17) is 22.1 Å². The van der Waals surface area contributed by atoms with Gasteiger partial charge < -0.3 is 15.4 Å². The number of methoxy groups -OCH3 is 1. The molecule has 0 atom stereocenters. The van der Waals surface area contributed by atoms with Crippen LogP contribution >= 0.6 is 11.6 Å². The number of halogens is 1. The molecule has 1 aromatic rings. The molecule has 0 aromatic heterocycles. The van der Waals surface area contributed by atoms with Gasteiger partial charge in [-0.05, 0) is 44.5 Å². The van der Waals surface area contributed by atoms with Crippen LogP contribution in [0.1, 0.15) is 19.4 Å². The molecule has 1 rings (SSSR count). The molecule has 0 saturated carbocycles. The third kappa shape index (κ3) is 3.87. The fourth-order valence-electron chi connectivity index (χ4n) is 2.05. The van der Waals surface area contributed by atoms with E-state index in [1.165, 1.54) is 5.69 Å². The normalized spacial score (nSPS) is 11.0. The van der Waals surface area contributed by atoms with Gasteiger partial charge in [0.1, 0.15) is 0 Å². The number of nitrogens with zero attached hydrogens (tertiary/aromatic N) is 1. The Morgan fingerprint density at radius 3 is 2.67 bits per heavy atom. The van der Waals surface area contributed by atoms with Gasteiger partial charge in [0.05, 0.1) is 6.61 Å². The lowest BCUT2D eigenvalue weighted by Crippen LogP contribution is -2.34. The Morgan fingerprint density at radius 2 is 2.11 bits per heavy atom. The maximum Gasteiger partial charge on any atom is 0.0637 e. The Balaban J connectivity index is 3.06. The van der Waals surface area contributed by atoms with Crippen LogP contribution in [0.25, 0.3) is 0 Å². The highest BCUT2D eigenvalue weighted by molar-refractivity contribution is 6.31. The van der Waals surface area contributed by atoms with Crippen molar-refractivity contribution in [3.05, 3.63) is 28.8 Å². The van der Waals surface area contributed by atoms with Crippen LogP contribution < -0.4 is 10.6 Å². The molecule has 0 unspecified atom stereocenters. The third-order valence-electron chi connectivity index (χ3n) is 2.96. The Bertz CT molecular complexity index is 369. The molecule has 18 heavy (non-hydrogen) atoms. The molecule has 0 spiro atoms. The molecule has 2 N–H and O–H groups in total. The van der Waals surface area contributed by atoms with Crippen molar-refractivity contribution in [3.8, 4) is 0 Å². The second-order valence-electron chi connectivity index (χ2n) is 4.56. The van der Waals surface area contributed by atoms with Gasteiger partial charge >= 0.3 is 0 Å². The zero-order chi connectivity index (χ0) is 13.5. The predicted octanol–water partition coefficient (Wildman–Crippen LogP) is 2.70. The van der Waals surface area contributed by atoms with Gasteiger partial charge in [-0.25, -0.2) is 0 Å². The van der Waals surface area contributed by atoms with Crippen molar-refractivity contribution in [2.75, 3.05) is 31.7 Å². The molecule has 0 saturated heterocycles. The molecule has 102 valence electrons. The van der Waals surface area contributed by atoms with Crippen molar-refractivity contribution >= 4 is 17.3 Å². The first-order chi connectivity index (χ1) is 8.61. The smallest absolute Gasteiger partial charge is 0.0637 e. The van der Waals surface area contributed by atoms with E-state index >= 15 is 0 Å². The predicted molar refractivity (Wildman–Crippen MR) is 78.6 cm³/mol. The summed E-state index contributed by atoms with van der Waals surface area (Å²) in [5.41, 5.74) is 7.97. The highest BCUT2D eigenvalue weighted by Crippen LogP contribution is 2.29. The van der Waals surface area contributed by atoms with E-state index in [2.05, 4.69) is 24.8 Å². The molecular weight excluding hydrogens is 248 g/mol. The van der Waals surface area contributed by atoms with Gasteiger partial charge in [-0.3, -0.25) is 0 Å². The molecule has 0 amide bonds. The van der Waals surface area contributed by atoms with Gasteiger partial charge in [0.25, 0.3) is 0 Å². The van der Waals surface area contributed by atoms with Gasteiger partial charge in [0, 0.05) is 30.4 Å². The highest BCUT2D eigenvalue weighted by atomic mass is 35.5. The van der Waals surface area contributed by atoms with Gasteiger partial charge in [-0.1, -0.05) is 17.7 Å². The maximum atomic E-state index is 6.28. The zero-order valence-corrected chi connectivity index (χ0v) is 12.2. The van der Waals surface area contributed by atoms with E-state index in [0.29, 0.717) is 19.2 Å². The van der Waals surface area contributed by atoms with Gasteiger partial charge in [0.2, 0.25) is 0 Å². The summed E-state index contributed by atoms with van der Waals surface area (Å²) in [5, 5.41) is 0.793. The molecule has 0 fully saturated rings. The van der Waals surface area contributed by atoms with Crippen LogP contribution in [0.5, 0.6) is 0 Å². The third-order valence-corrected chi connectivity index (χ3v) is 3.31. The fraction of sp³-hybridized carbons (Fsp3) is 0.571. The van der Waals surface area contributed by atoms with Crippen molar-refractivity contribution in [1.82, 2.24) is 0 Å². The summed E-state index contributed by atoms with van der Waals surface area (Å²) in [4.78, 5) is 2.31. The number of ether oxygens (including phenoxy) is 1. The number of rotatable bonds is 7. The Labute approximate surface area is 115 Å². The molecule has 0 radical (unpaired) electrons. The number of benzene rings is 1. The van der Waals surface area contributed by atoms with Crippen LogP contribution in [0.3, 0.4) is 0 Å². The highest BCUT2D eigenvalue weighted by Gasteiger charge is 2.15. The van der Waals surface area contributed by atoms with Gasteiger partial charge in [-0.2, -0.15) is 0 Å². The Morgan fingerprint density at radius 1 is 1.39 bits per heavy atom. The molecule has 0 aliphatic carbocycles. The summed E-state index contributed by atoms with van der Waals surface area (Å²) >= 11 is 6.28. The van der Waals surface area contributed by atoms with Crippen molar-refractivity contribution in [2.24, 2.45) is 5.73 Å². The Kier molecular flexibility index (Phi) is 6.47. The monoisotopic (exact) mass is 270 g/mol. The molecule has 0 aliphatic heterocycles. The van der Waals surface area contributed by atoms with Crippen LogP contribution in [0.15, 0.2) is 18.2 Å². The quantitative estimate of drug-likeness (QED) is 0.828. The van der Waals surface area contributed by atoms with Crippen LogP contribution in [0.4, 0.5) is 5.69 Å². The minimum Gasteiger partial charge on any atom is -0.383 e. The number of hydrogen-bond donors (Lipinski definition) is 1. The number of nitrogens with two attached hydrogens (primary N) is 1. The Hall–Kier alpha value is -0.770. The van der Waals surface area contributed by atoms with Gasteiger partial charge in [0.15, 0.2) is 0 Å². The lowest BCUT2D eigenvalue weighted by Gasteiger charge is -2.31. The first-order valence-corrected chi connectivity index (χ1v) is 6.72. The lowest BCUT2D eigenvalue weighted by molar-refractivity contribution is 0.204. The van der Waals surface area contributed by atoms with Crippen molar-refractivity contribution < 1.29 is 4.74 Å². The average Bonchev–Trinajstić information content (AvgIpc) is 2.33. The minimum atomic E-state index is 0.398. The standard InChI is InChI=1S/C14H23ClN2O/c1-11(2)17(9-10-18-3)14-6-4-5-13(15)12(14)7-8-16/h4-6,11H,7-10,16H2,1-3H3. The molecule has 0 aliphatic rings. The summed E-state index contributed by atoms with van der Waals surface area (Å²) in [6.45, 7) is 6.50. The summed E-state index contributed by atoms with van der Waals surface area (Å²) in [6.07, 6.45) is 0.797. The molecular formula is C14H23ClN2O. The molecule has 0 bridgehead atoms. The van der Waals surface area contributed by atoms with Gasteiger partial charge in [-0.15, -0.1) is 0 Å². The minimum absolute atomic E-state index is 0.398. The molecule has 4 heteroatoms. The maximum absolute atomic E-state index is 6.28. The largest absolute Gasteiger partial charge is 0.383 e. The van der Waals surface area contributed by atoms with E-state index in [1.807, 2.05) is 12.1 Å². The summed E-state index contributed by atoms with van der Waals surface area (Å²) < 4.78 is 5.17. The van der Waals surface area contributed by atoms with E-state index in [0.717, 1.165) is 23.6 Å². The van der Waals surface area contributed by atoms with E-state index < -0.39 is 0 Å². The molecule has 3 nitrogen and oxygen atoms in total. The second-order valence-corrected chi connectivity index (χ2v) is 4.96. The average molecular weight is 271 g/mol. The number of anilines is 1. The number of hydrogen-bond acceptors (Lipinski definition) is 3. The topological polar surface area (TPSA) is 38.5 Å². The van der Waals surface area contributed by atoms with Crippen molar-refractivity contribution in [1.29, 1.82) is 0 Å². The zero-order valence-electron chi connectivity index (χ0n) is 11.4. The summed E-state index contributed by atoms with van der Waals surface area (Å²) in [5.74, 6) is 0. The van der Waals surface area contributed by atoms with Crippen LogP contribution in [0, 0.1) is 0 Å². The summed E-state index contributed by atoms with van der Waals surface area (Å²) in [7, 11) is 1.72. The van der Waals surface area contributed by atoms with Crippen molar-refractivity contribution in [2.45, 2.75) is 26.3 Å². The fourth-order valence-corrected chi connectivity index (χ4v) is 2.32. The van der Waals surface area contributed by atoms with Crippen molar-refractivity contribution in [3.63, 3.8) is 0 Å². The van der Waals surface area contributed by atoms with E-state index in [9.17, 15) is 0 Å². The molecule has 1 aromatic carbocycles. The lowest BCUT2D eigenvalue weighted by atomic mass is 10.1. The summed E-state index contributed by atoms with van der Waals surface area (Å²) in [6, 6.07) is 6.41. The van der Waals surface area contributed by atoms with Crippen LogP contribution in [-0.2, 0) is 11.2 Å². The first kappa shape index (κ1) is 15.3. The van der Waals surface area contributed by atoms with Crippen LogP contribution in [-0.4, -0.2) is 32.8 Å². The van der Waals surface area contributed by atoms with E-state index in [-0.39, 0.29) is 0 Å². The van der Waals surface area contributed by atoms with Crippen LogP contribution in [0.2, 0.25) is 5.02 Å². The first-order valence-electron chi connectivity index (χ1n) is 6.34.